The molecule has 1 unspecified atom stereocenters. The molecule has 24 heavy (non-hydrogen) atoms. The lowest BCUT2D eigenvalue weighted by Crippen LogP contribution is -2.47. The minimum Gasteiger partial charge on any atom is -0.466 e. The maximum atomic E-state index is 11.9. The third-order valence-electron chi connectivity index (χ3n) is 5.01. The number of hydrogen-bond donors (Lipinski definition) is 1. The molecular weight excluding hydrogens is 304 g/mol. The van der Waals surface area contributed by atoms with Crippen molar-refractivity contribution in [3.8, 4) is 0 Å². The van der Waals surface area contributed by atoms with Gasteiger partial charge in [0.25, 0.3) is 0 Å². The minimum absolute atomic E-state index is 0.0412. The molecule has 1 aliphatic carbocycles. The number of nitrogens with zero attached hydrogens (tertiary/aromatic N) is 3. The van der Waals surface area contributed by atoms with Crippen LogP contribution >= 0.6 is 0 Å². The molecule has 2 aliphatic rings. The van der Waals surface area contributed by atoms with E-state index in [2.05, 4.69) is 36.1 Å². The Morgan fingerprint density at radius 3 is 2.42 bits per heavy atom. The Morgan fingerprint density at radius 1 is 1.25 bits per heavy atom. The van der Waals surface area contributed by atoms with Gasteiger partial charge in [0.05, 0.1) is 19.1 Å². The molecule has 0 amide bonds. The number of carbonyl (C=O) groups excluding carboxylic acids is 1. The highest BCUT2D eigenvalue weighted by molar-refractivity contribution is 5.80. The Kier molecular flexibility index (Phi) is 7.34. The number of likely N-dealkylation sites (tertiary alicyclic amines) is 1. The van der Waals surface area contributed by atoms with E-state index in [1.165, 1.54) is 12.8 Å². The van der Waals surface area contributed by atoms with Crippen LogP contribution in [0.5, 0.6) is 0 Å². The molecular formula is C18H34N4O2. The first kappa shape index (κ1) is 19.0. The van der Waals surface area contributed by atoms with Gasteiger partial charge in [-0.2, -0.15) is 0 Å². The monoisotopic (exact) mass is 338 g/mol. The Labute approximate surface area is 146 Å². The van der Waals surface area contributed by atoms with Gasteiger partial charge in [-0.25, -0.2) is 0 Å². The zero-order chi connectivity index (χ0) is 17.5. The predicted molar refractivity (Wildman–Crippen MR) is 97.1 cm³/mol. The zero-order valence-electron chi connectivity index (χ0n) is 15.8. The van der Waals surface area contributed by atoms with Gasteiger partial charge in [-0.1, -0.05) is 0 Å². The topological polar surface area (TPSA) is 57.2 Å². The van der Waals surface area contributed by atoms with Gasteiger partial charge in [-0.3, -0.25) is 9.79 Å². The number of esters is 1. The summed E-state index contributed by atoms with van der Waals surface area (Å²) in [5, 5.41) is 3.42. The fourth-order valence-corrected chi connectivity index (χ4v) is 3.41. The lowest BCUT2D eigenvalue weighted by atomic mass is 9.97. The highest BCUT2D eigenvalue weighted by atomic mass is 16.5. The van der Waals surface area contributed by atoms with Crippen LogP contribution in [0.3, 0.4) is 0 Å². The minimum atomic E-state index is -0.0412. The Hall–Kier alpha value is -1.30. The lowest BCUT2D eigenvalue weighted by molar-refractivity contribution is -0.149. The third kappa shape index (κ3) is 5.36. The fourth-order valence-electron chi connectivity index (χ4n) is 3.41. The van der Waals surface area contributed by atoms with Crippen LogP contribution in [0.4, 0.5) is 0 Å². The second kappa shape index (κ2) is 9.25. The molecule has 0 bridgehead atoms. The molecule has 0 aromatic rings. The first-order valence-electron chi connectivity index (χ1n) is 9.43. The molecule has 1 N–H and O–H groups in total. The summed E-state index contributed by atoms with van der Waals surface area (Å²) in [6, 6.07) is 0.538. The second-order valence-corrected chi connectivity index (χ2v) is 7.08. The van der Waals surface area contributed by atoms with Gasteiger partial charge in [0.2, 0.25) is 0 Å². The third-order valence-corrected chi connectivity index (χ3v) is 5.01. The fraction of sp³-hybridized carbons (Fsp3) is 0.889. The number of piperidine rings is 1. The van der Waals surface area contributed by atoms with Crippen LogP contribution in [0.2, 0.25) is 0 Å². The van der Waals surface area contributed by atoms with Crippen LogP contribution in [-0.2, 0) is 9.53 Å². The van der Waals surface area contributed by atoms with Crippen molar-refractivity contribution in [2.75, 3.05) is 46.9 Å². The van der Waals surface area contributed by atoms with Crippen LogP contribution in [0.25, 0.3) is 0 Å². The van der Waals surface area contributed by atoms with Gasteiger partial charge in [-0.15, -0.1) is 0 Å². The highest BCUT2D eigenvalue weighted by Gasteiger charge is 2.33. The maximum Gasteiger partial charge on any atom is 0.309 e. The van der Waals surface area contributed by atoms with Gasteiger partial charge in [0.15, 0.2) is 5.96 Å². The lowest BCUT2D eigenvalue weighted by Gasteiger charge is -2.33. The molecule has 0 aromatic heterocycles. The first-order valence-corrected chi connectivity index (χ1v) is 9.43. The van der Waals surface area contributed by atoms with Crippen molar-refractivity contribution < 1.29 is 9.53 Å². The number of carbonyl (C=O) groups is 1. The van der Waals surface area contributed by atoms with Crippen molar-refractivity contribution in [3.05, 3.63) is 0 Å². The number of rotatable bonds is 7. The van der Waals surface area contributed by atoms with E-state index in [1.54, 1.807) is 0 Å². The van der Waals surface area contributed by atoms with Crippen molar-refractivity contribution >= 4 is 11.9 Å². The maximum absolute atomic E-state index is 11.9. The Bertz CT molecular complexity index is 425. The normalized spacial score (nSPS) is 21.0. The summed E-state index contributed by atoms with van der Waals surface area (Å²) in [5.41, 5.74) is 0. The number of aliphatic imine (C=N–C) groups is 1. The van der Waals surface area contributed by atoms with Crippen molar-refractivity contribution in [1.29, 1.82) is 0 Å². The van der Waals surface area contributed by atoms with Gasteiger partial charge < -0.3 is 19.9 Å². The SMILES string of the molecule is CCNC(=NCC(C1CC1)N(C)C)N1CCC(C(=O)OCC)CC1. The predicted octanol–water partition coefficient (Wildman–Crippen LogP) is 1.57. The average Bonchev–Trinajstić information content (AvgIpc) is 3.39. The summed E-state index contributed by atoms with van der Waals surface area (Å²) in [6.45, 7) is 7.88. The number of likely N-dealkylation sites (N-methyl/N-ethyl adjacent to an activating group) is 1. The molecule has 6 heteroatoms. The molecule has 1 saturated carbocycles. The van der Waals surface area contributed by atoms with Gasteiger partial charge in [-0.05, 0) is 59.5 Å². The molecule has 0 radical (unpaired) electrons. The van der Waals surface area contributed by atoms with Gasteiger partial charge in [0.1, 0.15) is 0 Å². The van der Waals surface area contributed by atoms with E-state index >= 15 is 0 Å². The smallest absolute Gasteiger partial charge is 0.309 e. The molecule has 1 atom stereocenters. The summed E-state index contributed by atoms with van der Waals surface area (Å²) in [6.07, 6.45) is 4.37. The summed E-state index contributed by atoms with van der Waals surface area (Å²) in [4.78, 5) is 21.4. The van der Waals surface area contributed by atoms with Crippen LogP contribution in [0.1, 0.15) is 39.5 Å². The standard InChI is InChI=1S/C18H34N4O2/c1-5-19-18(20-13-16(21(3)4)14-7-8-14)22-11-9-15(10-12-22)17(23)24-6-2/h14-16H,5-13H2,1-4H3,(H,19,20). The highest BCUT2D eigenvalue weighted by Crippen LogP contribution is 2.34. The summed E-state index contributed by atoms with van der Waals surface area (Å²) in [5.74, 6) is 1.80. The molecule has 6 nitrogen and oxygen atoms in total. The van der Waals surface area contributed by atoms with Gasteiger partial charge >= 0.3 is 5.97 Å². The molecule has 2 fully saturated rings. The number of nitrogens with one attached hydrogen (secondary N) is 1. The quantitative estimate of drug-likeness (QED) is 0.434. The number of hydrogen-bond acceptors (Lipinski definition) is 4. The first-order chi connectivity index (χ1) is 11.6. The molecule has 1 heterocycles. The average molecular weight is 338 g/mol. The molecule has 1 saturated heterocycles. The van der Waals surface area contributed by atoms with Crippen LogP contribution < -0.4 is 5.32 Å². The largest absolute Gasteiger partial charge is 0.466 e. The van der Waals surface area contributed by atoms with E-state index in [1.807, 2.05) is 6.92 Å². The summed E-state index contributed by atoms with van der Waals surface area (Å²) >= 11 is 0. The Balaban J connectivity index is 1.90. The van der Waals surface area contributed by atoms with E-state index in [4.69, 9.17) is 9.73 Å². The zero-order valence-corrected chi connectivity index (χ0v) is 15.8. The molecule has 138 valence electrons. The van der Waals surface area contributed by atoms with Crippen molar-refractivity contribution in [2.24, 2.45) is 16.8 Å². The van der Waals surface area contributed by atoms with Crippen LogP contribution in [-0.4, -0.2) is 74.7 Å². The second-order valence-electron chi connectivity index (χ2n) is 7.08. The van der Waals surface area contributed by atoms with E-state index in [-0.39, 0.29) is 11.9 Å². The van der Waals surface area contributed by atoms with E-state index in [0.29, 0.717) is 12.6 Å². The summed E-state index contributed by atoms with van der Waals surface area (Å²) < 4.78 is 5.15. The number of ether oxygens (including phenoxy) is 1. The van der Waals surface area contributed by atoms with Crippen LogP contribution in [0, 0.1) is 11.8 Å². The van der Waals surface area contributed by atoms with Crippen molar-refractivity contribution in [3.63, 3.8) is 0 Å². The molecule has 1 aliphatic heterocycles. The molecule has 0 aromatic carbocycles. The molecule has 2 rings (SSSR count). The van der Waals surface area contributed by atoms with E-state index < -0.39 is 0 Å². The number of guanidine groups is 1. The molecule has 0 spiro atoms. The van der Waals surface area contributed by atoms with Crippen LogP contribution in [0.15, 0.2) is 4.99 Å². The van der Waals surface area contributed by atoms with E-state index in [9.17, 15) is 4.79 Å². The van der Waals surface area contributed by atoms with E-state index in [0.717, 1.165) is 50.9 Å². The summed E-state index contributed by atoms with van der Waals surface area (Å²) in [7, 11) is 4.30. The van der Waals surface area contributed by atoms with Crippen molar-refractivity contribution in [1.82, 2.24) is 15.1 Å². The Morgan fingerprint density at radius 2 is 1.92 bits per heavy atom. The van der Waals surface area contributed by atoms with Crippen molar-refractivity contribution in [2.45, 2.75) is 45.6 Å². The van der Waals surface area contributed by atoms with Gasteiger partial charge in [0, 0.05) is 25.7 Å².